The number of hydrogen-bond acceptors (Lipinski definition) is 3. The van der Waals surface area contributed by atoms with Crippen molar-refractivity contribution < 1.29 is 4.74 Å². The molecule has 2 unspecified atom stereocenters. The SMILES string of the molecule is Brc1ccc(CN2CC3CCC(C2)O3)nc1. The van der Waals surface area contributed by atoms with Crippen molar-refractivity contribution in [2.75, 3.05) is 13.1 Å². The summed E-state index contributed by atoms with van der Waals surface area (Å²) in [6, 6.07) is 4.14. The number of ether oxygens (including phenoxy) is 1. The highest BCUT2D eigenvalue weighted by atomic mass is 79.9. The Morgan fingerprint density at radius 1 is 1.31 bits per heavy atom. The van der Waals surface area contributed by atoms with E-state index in [1.165, 1.54) is 12.8 Å². The molecule has 16 heavy (non-hydrogen) atoms. The molecule has 2 aliphatic heterocycles. The van der Waals surface area contributed by atoms with Crippen LogP contribution in [-0.2, 0) is 11.3 Å². The first kappa shape index (κ1) is 10.7. The summed E-state index contributed by atoms with van der Waals surface area (Å²) in [5, 5.41) is 0. The Labute approximate surface area is 104 Å². The van der Waals surface area contributed by atoms with Crippen molar-refractivity contribution in [1.29, 1.82) is 0 Å². The zero-order valence-corrected chi connectivity index (χ0v) is 10.7. The molecule has 3 nitrogen and oxygen atoms in total. The van der Waals surface area contributed by atoms with Crippen LogP contribution in [0.3, 0.4) is 0 Å². The first-order valence-corrected chi connectivity index (χ1v) is 6.57. The van der Waals surface area contributed by atoms with Gasteiger partial charge in [-0.25, -0.2) is 0 Å². The Morgan fingerprint density at radius 2 is 2.06 bits per heavy atom. The summed E-state index contributed by atoms with van der Waals surface area (Å²) in [7, 11) is 0. The van der Waals surface area contributed by atoms with Crippen molar-refractivity contribution in [3.05, 3.63) is 28.5 Å². The van der Waals surface area contributed by atoms with Crippen LogP contribution in [0, 0.1) is 0 Å². The van der Waals surface area contributed by atoms with Gasteiger partial charge in [0.25, 0.3) is 0 Å². The summed E-state index contributed by atoms with van der Waals surface area (Å²) in [4.78, 5) is 6.87. The van der Waals surface area contributed by atoms with E-state index in [0.29, 0.717) is 12.2 Å². The molecular weight excluding hydrogens is 268 g/mol. The number of rotatable bonds is 2. The van der Waals surface area contributed by atoms with Crippen LogP contribution in [-0.4, -0.2) is 35.2 Å². The molecule has 0 amide bonds. The van der Waals surface area contributed by atoms with Gasteiger partial charge in [-0.3, -0.25) is 9.88 Å². The van der Waals surface area contributed by atoms with E-state index in [1.807, 2.05) is 6.20 Å². The van der Waals surface area contributed by atoms with Gasteiger partial charge in [-0.05, 0) is 40.9 Å². The molecule has 0 aliphatic carbocycles. The predicted molar refractivity (Wildman–Crippen MR) is 65.1 cm³/mol. The van der Waals surface area contributed by atoms with Crippen LogP contribution in [0.15, 0.2) is 22.8 Å². The van der Waals surface area contributed by atoms with Crippen molar-refractivity contribution in [2.45, 2.75) is 31.6 Å². The minimum absolute atomic E-state index is 0.467. The van der Waals surface area contributed by atoms with Gasteiger partial charge in [-0.15, -0.1) is 0 Å². The van der Waals surface area contributed by atoms with E-state index in [4.69, 9.17) is 4.74 Å². The molecule has 2 aliphatic rings. The Kier molecular flexibility index (Phi) is 2.96. The predicted octanol–water partition coefficient (Wildman–Crippen LogP) is 2.21. The van der Waals surface area contributed by atoms with E-state index in [1.54, 1.807) is 0 Å². The van der Waals surface area contributed by atoms with Crippen molar-refractivity contribution in [2.24, 2.45) is 0 Å². The van der Waals surface area contributed by atoms with E-state index in [9.17, 15) is 0 Å². The quantitative estimate of drug-likeness (QED) is 0.832. The minimum Gasteiger partial charge on any atom is -0.372 e. The van der Waals surface area contributed by atoms with E-state index in [-0.39, 0.29) is 0 Å². The van der Waals surface area contributed by atoms with Crippen LogP contribution in [0.4, 0.5) is 0 Å². The van der Waals surface area contributed by atoms with Crippen molar-refractivity contribution in [3.8, 4) is 0 Å². The normalized spacial score (nSPS) is 29.6. The fourth-order valence-electron chi connectivity index (χ4n) is 2.56. The summed E-state index contributed by atoms with van der Waals surface area (Å²) >= 11 is 3.40. The van der Waals surface area contributed by atoms with Gasteiger partial charge >= 0.3 is 0 Å². The van der Waals surface area contributed by atoms with Gasteiger partial charge in [-0.1, -0.05) is 0 Å². The van der Waals surface area contributed by atoms with Crippen LogP contribution >= 0.6 is 15.9 Å². The largest absolute Gasteiger partial charge is 0.372 e. The molecule has 2 bridgehead atoms. The van der Waals surface area contributed by atoms with Gasteiger partial charge in [0.05, 0.1) is 17.9 Å². The summed E-state index contributed by atoms with van der Waals surface area (Å²) in [6.07, 6.45) is 5.26. The average Bonchev–Trinajstić information content (AvgIpc) is 2.62. The highest BCUT2D eigenvalue weighted by Gasteiger charge is 2.33. The standard InChI is InChI=1S/C12H15BrN2O/c13-9-1-2-10(14-5-9)6-15-7-11-3-4-12(8-15)16-11/h1-2,5,11-12H,3-4,6-8H2. The van der Waals surface area contributed by atoms with E-state index in [0.717, 1.165) is 29.8 Å². The zero-order valence-electron chi connectivity index (χ0n) is 9.10. The van der Waals surface area contributed by atoms with Gasteiger partial charge in [0.2, 0.25) is 0 Å². The molecule has 0 N–H and O–H groups in total. The summed E-state index contributed by atoms with van der Waals surface area (Å²) in [6.45, 7) is 3.08. The lowest BCUT2D eigenvalue weighted by molar-refractivity contribution is -0.0413. The molecule has 1 aromatic rings. The fraction of sp³-hybridized carbons (Fsp3) is 0.583. The van der Waals surface area contributed by atoms with E-state index in [2.05, 4.69) is 37.9 Å². The second kappa shape index (κ2) is 4.43. The monoisotopic (exact) mass is 282 g/mol. The van der Waals surface area contributed by atoms with Gasteiger partial charge in [-0.2, -0.15) is 0 Å². The highest BCUT2D eigenvalue weighted by molar-refractivity contribution is 9.10. The number of aromatic nitrogens is 1. The maximum absolute atomic E-state index is 5.81. The summed E-state index contributed by atoms with van der Waals surface area (Å²) in [5.41, 5.74) is 1.14. The molecule has 2 saturated heterocycles. The summed E-state index contributed by atoms with van der Waals surface area (Å²) < 4.78 is 6.85. The first-order chi connectivity index (χ1) is 7.79. The third kappa shape index (κ3) is 2.29. The number of morpholine rings is 1. The molecule has 0 aromatic carbocycles. The van der Waals surface area contributed by atoms with Crippen LogP contribution in [0.5, 0.6) is 0 Å². The maximum atomic E-state index is 5.81. The van der Waals surface area contributed by atoms with E-state index >= 15 is 0 Å². The van der Waals surface area contributed by atoms with Crippen LogP contribution in [0.25, 0.3) is 0 Å². The fourth-order valence-corrected chi connectivity index (χ4v) is 2.79. The molecule has 2 atom stereocenters. The molecule has 4 heteroatoms. The number of fused-ring (bicyclic) bond motifs is 2. The van der Waals surface area contributed by atoms with Crippen LogP contribution in [0.1, 0.15) is 18.5 Å². The molecule has 0 radical (unpaired) electrons. The lowest BCUT2D eigenvalue weighted by Crippen LogP contribution is -2.42. The molecule has 3 rings (SSSR count). The van der Waals surface area contributed by atoms with Gasteiger partial charge in [0, 0.05) is 30.3 Å². The Morgan fingerprint density at radius 3 is 2.69 bits per heavy atom. The number of nitrogens with zero attached hydrogens (tertiary/aromatic N) is 2. The second-order valence-electron chi connectivity index (χ2n) is 4.62. The van der Waals surface area contributed by atoms with Gasteiger partial charge in [0.1, 0.15) is 0 Å². The molecular formula is C12H15BrN2O. The Bertz CT molecular complexity index is 356. The minimum atomic E-state index is 0.467. The van der Waals surface area contributed by atoms with Gasteiger partial charge in [0.15, 0.2) is 0 Å². The van der Waals surface area contributed by atoms with Crippen LogP contribution in [0.2, 0.25) is 0 Å². The van der Waals surface area contributed by atoms with Crippen molar-refractivity contribution >= 4 is 15.9 Å². The Balaban J connectivity index is 1.64. The lowest BCUT2D eigenvalue weighted by atomic mass is 10.2. The molecule has 0 spiro atoms. The second-order valence-corrected chi connectivity index (χ2v) is 5.53. The first-order valence-electron chi connectivity index (χ1n) is 5.78. The third-order valence-corrected chi connectivity index (χ3v) is 3.76. The summed E-state index contributed by atoms with van der Waals surface area (Å²) in [5.74, 6) is 0. The van der Waals surface area contributed by atoms with Crippen LogP contribution < -0.4 is 0 Å². The number of pyridine rings is 1. The maximum Gasteiger partial charge on any atom is 0.0707 e. The van der Waals surface area contributed by atoms with Gasteiger partial charge < -0.3 is 4.74 Å². The Hall–Kier alpha value is -0.450. The third-order valence-electron chi connectivity index (χ3n) is 3.29. The number of hydrogen-bond donors (Lipinski definition) is 0. The number of likely N-dealkylation sites (tertiary alicyclic amines) is 1. The lowest BCUT2D eigenvalue weighted by Gasteiger charge is -2.31. The zero-order chi connectivity index (χ0) is 11.0. The van der Waals surface area contributed by atoms with E-state index < -0.39 is 0 Å². The van der Waals surface area contributed by atoms with Crippen molar-refractivity contribution in [1.82, 2.24) is 9.88 Å². The molecule has 1 aromatic heterocycles. The average molecular weight is 283 g/mol. The van der Waals surface area contributed by atoms with Crippen molar-refractivity contribution in [3.63, 3.8) is 0 Å². The molecule has 86 valence electrons. The smallest absolute Gasteiger partial charge is 0.0707 e. The molecule has 3 heterocycles. The molecule has 0 saturated carbocycles. The number of halogens is 1. The topological polar surface area (TPSA) is 25.4 Å². The highest BCUT2D eigenvalue weighted by Crippen LogP contribution is 2.26. The molecule has 2 fully saturated rings.